The zero-order chi connectivity index (χ0) is 15.3. The van der Waals surface area contributed by atoms with Gasteiger partial charge in [0.1, 0.15) is 23.0 Å². The van der Waals surface area contributed by atoms with Crippen LogP contribution in [0.4, 0.5) is 0 Å². The van der Waals surface area contributed by atoms with Crippen LogP contribution < -0.4 is 10.2 Å². The molecule has 0 bridgehead atoms. The fourth-order valence-corrected chi connectivity index (χ4v) is 2.37. The van der Waals surface area contributed by atoms with E-state index >= 15 is 0 Å². The summed E-state index contributed by atoms with van der Waals surface area (Å²) in [4.78, 5) is 0. The summed E-state index contributed by atoms with van der Waals surface area (Å²) in [5, 5.41) is 0. The lowest BCUT2D eigenvalue weighted by Gasteiger charge is -2.25. The maximum absolute atomic E-state index is 5.61. The Balaban J connectivity index is 3.23. The average molecular weight is 296 g/mol. The highest BCUT2D eigenvalue weighted by molar-refractivity contribution is 6.61. The molecule has 0 saturated carbocycles. The molecule has 0 saturated heterocycles. The molecule has 0 aromatic heterocycles. The van der Waals surface area contributed by atoms with Crippen molar-refractivity contribution < 1.29 is 18.5 Å². The largest absolute Gasteiger partial charge is 0.496 e. The lowest BCUT2D eigenvalue weighted by atomic mass is 9.73. The minimum atomic E-state index is -0.438. The van der Waals surface area contributed by atoms with Gasteiger partial charge in [-0.3, -0.25) is 0 Å². The number of rotatable bonds is 6. The summed E-state index contributed by atoms with van der Waals surface area (Å²) in [7, 11) is 3.53. The standard InChI is InChI=1S/C14H25BO4Si/c1-10-12(15(17-6)18-9-19-20)8-7-11(13(10)16-5)14(2,3)4/h7-8H,9H2,1-6,20H3. The van der Waals surface area contributed by atoms with Crippen LogP contribution in [0.3, 0.4) is 0 Å². The minimum Gasteiger partial charge on any atom is -0.496 e. The molecule has 0 heterocycles. The Morgan fingerprint density at radius 3 is 2.30 bits per heavy atom. The molecule has 1 aromatic rings. The van der Waals surface area contributed by atoms with Gasteiger partial charge in [0.05, 0.1) is 7.11 Å². The van der Waals surface area contributed by atoms with Crippen LogP contribution in [-0.4, -0.2) is 38.6 Å². The fraction of sp³-hybridized carbons (Fsp3) is 0.571. The minimum absolute atomic E-state index is 0.0240. The summed E-state index contributed by atoms with van der Waals surface area (Å²) in [5.41, 5.74) is 3.21. The summed E-state index contributed by atoms with van der Waals surface area (Å²) in [6, 6.07) is 4.12. The molecule has 6 heteroatoms. The van der Waals surface area contributed by atoms with Crippen LogP contribution in [0.15, 0.2) is 12.1 Å². The van der Waals surface area contributed by atoms with Gasteiger partial charge in [0.15, 0.2) is 0 Å². The van der Waals surface area contributed by atoms with Crippen molar-refractivity contribution in [2.45, 2.75) is 33.1 Å². The molecule has 0 aliphatic heterocycles. The van der Waals surface area contributed by atoms with Crippen molar-refractivity contribution in [3.63, 3.8) is 0 Å². The van der Waals surface area contributed by atoms with Crippen LogP contribution in [0.2, 0.25) is 0 Å². The smallest absolute Gasteiger partial charge is 0.495 e. The van der Waals surface area contributed by atoms with Crippen LogP contribution in [0.25, 0.3) is 0 Å². The van der Waals surface area contributed by atoms with E-state index in [1.54, 1.807) is 14.2 Å². The van der Waals surface area contributed by atoms with Gasteiger partial charge >= 0.3 is 7.12 Å². The van der Waals surface area contributed by atoms with Gasteiger partial charge in [-0.25, -0.2) is 0 Å². The molecule has 1 aromatic carbocycles. The monoisotopic (exact) mass is 296 g/mol. The third-order valence-corrected chi connectivity index (χ3v) is 3.50. The Bertz CT molecular complexity index is 446. The Labute approximate surface area is 125 Å². The molecule has 0 radical (unpaired) electrons. The predicted octanol–water partition coefficient (Wildman–Crippen LogP) is 0.914. The van der Waals surface area contributed by atoms with Crippen LogP contribution in [0, 0.1) is 6.92 Å². The van der Waals surface area contributed by atoms with Crippen LogP contribution in [0.5, 0.6) is 5.75 Å². The van der Waals surface area contributed by atoms with Gasteiger partial charge in [0.2, 0.25) is 0 Å². The molecule has 0 amide bonds. The fourth-order valence-electron chi connectivity index (χ4n) is 2.23. The lowest BCUT2D eigenvalue weighted by molar-refractivity contribution is 0.105. The molecule has 1 rings (SSSR count). The van der Waals surface area contributed by atoms with E-state index in [9.17, 15) is 0 Å². The molecule has 112 valence electrons. The number of benzene rings is 1. The molecule has 20 heavy (non-hydrogen) atoms. The summed E-state index contributed by atoms with van der Waals surface area (Å²) in [6.45, 7) is 8.78. The van der Waals surface area contributed by atoms with Crippen molar-refractivity contribution >= 4 is 23.1 Å². The molecule has 0 fully saturated rings. The van der Waals surface area contributed by atoms with Crippen LogP contribution in [0.1, 0.15) is 31.9 Å². The topological polar surface area (TPSA) is 36.9 Å². The Morgan fingerprint density at radius 2 is 1.85 bits per heavy atom. The molecular formula is C14H25BO4Si. The van der Waals surface area contributed by atoms with Crippen molar-refractivity contribution in [3.8, 4) is 5.75 Å². The maximum atomic E-state index is 5.61. The first kappa shape index (κ1) is 17.2. The van der Waals surface area contributed by atoms with E-state index in [1.807, 2.05) is 13.0 Å². The van der Waals surface area contributed by atoms with E-state index in [-0.39, 0.29) is 12.2 Å². The Morgan fingerprint density at radius 1 is 1.20 bits per heavy atom. The van der Waals surface area contributed by atoms with E-state index < -0.39 is 7.12 Å². The highest BCUT2D eigenvalue weighted by Crippen LogP contribution is 2.33. The summed E-state index contributed by atoms with van der Waals surface area (Å²) in [5.74, 6) is 0.896. The van der Waals surface area contributed by atoms with E-state index in [0.29, 0.717) is 10.5 Å². The van der Waals surface area contributed by atoms with Gasteiger partial charge in [-0.1, -0.05) is 32.9 Å². The van der Waals surface area contributed by atoms with Crippen molar-refractivity contribution in [2.75, 3.05) is 21.0 Å². The second-order valence-corrected chi connectivity index (χ2v) is 6.33. The second kappa shape index (κ2) is 7.26. The van der Waals surface area contributed by atoms with Crippen molar-refractivity contribution in [1.82, 2.24) is 0 Å². The molecular weight excluding hydrogens is 271 g/mol. The van der Waals surface area contributed by atoms with E-state index in [2.05, 4.69) is 26.8 Å². The van der Waals surface area contributed by atoms with Gasteiger partial charge < -0.3 is 18.5 Å². The van der Waals surface area contributed by atoms with Gasteiger partial charge in [0, 0.05) is 7.11 Å². The Hall–Kier alpha value is -0.818. The van der Waals surface area contributed by atoms with Gasteiger partial charge in [-0.2, -0.15) is 0 Å². The summed E-state index contributed by atoms with van der Waals surface area (Å²) in [6.07, 6.45) is 0. The van der Waals surface area contributed by atoms with Gasteiger partial charge in [-0.15, -0.1) is 0 Å². The zero-order valence-electron chi connectivity index (χ0n) is 13.6. The number of ether oxygens (including phenoxy) is 1. The number of hydrogen-bond acceptors (Lipinski definition) is 4. The van der Waals surface area contributed by atoms with Gasteiger partial charge in [0.25, 0.3) is 0 Å². The summed E-state index contributed by atoms with van der Waals surface area (Å²) >= 11 is 0. The first-order chi connectivity index (χ1) is 9.36. The predicted molar refractivity (Wildman–Crippen MR) is 85.8 cm³/mol. The maximum Gasteiger partial charge on any atom is 0.495 e. The first-order valence-electron chi connectivity index (χ1n) is 6.68. The third-order valence-electron chi connectivity index (χ3n) is 3.27. The molecule has 0 N–H and O–H groups in total. The number of hydrogen-bond donors (Lipinski definition) is 0. The zero-order valence-corrected chi connectivity index (χ0v) is 15.6. The highest BCUT2D eigenvalue weighted by atomic mass is 28.2. The van der Waals surface area contributed by atoms with Crippen molar-refractivity contribution in [1.29, 1.82) is 0 Å². The lowest BCUT2D eigenvalue weighted by Crippen LogP contribution is -2.39. The highest BCUT2D eigenvalue weighted by Gasteiger charge is 2.27. The molecule has 0 aliphatic rings. The first-order valence-corrected chi connectivity index (χ1v) is 7.49. The average Bonchev–Trinajstić information content (AvgIpc) is 2.39. The molecule has 4 nitrogen and oxygen atoms in total. The normalized spacial score (nSPS) is 11.7. The van der Waals surface area contributed by atoms with Gasteiger partial charge in [-0.05, 0) is 28.9 Å². The van der Waals surface area contributed by atoms with E-state index in [4.69, 9.17) is 18.5 Å². The quantitative estimate of drug-likeness (QED) is 0.578. The molecule has 0 spiro atoms. The molecule has 0 aliphatic carbocycles. The SMILES string of the molecule is COB(OCO[SiH3])c1ccc(C(C)(C)C)c(OC)c1C. The van der Waals surface area contributed by atoms with Crippen LogP contribution >= 0.6 is 0 Å². The molecule has 0 atom stereocenters. The van der Waals surface area contributed by atoms with Crippen molar-refractivity contribution in [3.05, 3.63) is 23.3 Å². The number of methoxy groups -OCH3 is 1. The van der Waals surface area contributed by atoms with Crippen LogP contribution in [-0.2, 0) is 19.1 Å². The van der Waals surface area contributed by atoms with E-state index in [0.717, 1.165) is 16.8 Å². The second-order valence-electron chi connectivity index (χ2n) is 5.75. The van der Waals surface area contributed by atoms with E-state index in [1.165, 1.54) is 5.56 Å². The third kappa shape index (κ3) is 3.85. The molecule has 0 unspecified atom stereocenters. The Kier molecular flexibility index (Phi) is 6.26. The summed E-state index contributed by atoms with van der Waals surface area (Å²) < 4.78 is 21.7. The van der Waals surface area contributed by atoms with Crippen molar-refractivity contribution in [2.24, 2.45) is 0 Å².